The van der Waals surface area contributed by atoms with E-state index in [-0.39, 0.29) is 23.8 Å². The zero-order chi connectivity index (χ0) is 18.4. The number of hydrogen-bond donors (Lipinski definition) is 1. The molecule has 2 atom stereocenters. The molecule has 3 aromatic carbocycles. The number of fused-ring (bicyclic) bond motifs is 4. The highest BCUT2D eigenvalue weighted by Gasteiger charge is 2.40. The Morgan fingerprint density at radius 1 is 0.963 bits per heavy atom. The van der Waals surface area contributed by atoms with Gasteiger partial charge in [-0.25, -0.2) is 4.39 Å². The van der Waals surface area contributed by atoms with Gasteiger partial charge in [0.2, 0.25) is 0 Å². The number of nitrogens with zero attached hydrogens (tertiary/aromatic N) is 1. The van der Waals surface area contributed by atoms with Crippen molar-refractivity contribution in [2.24, 2.45) is 0 Å². The van der Waals surface area contributed by atoms with E-state index >= 15 is 0 Å². The third kappa shape index (κ3) is 2.60. The summed E-state index contributed by atoms with van der Waals surface area (Å²) >= 11 is 0. The molecule has 4 heteroatoms. The summed E-state index contributed by atoms with van der Waals surface area (Å²) in [7, 11) is 0. The Kier molecular flexibility index (Phi) is 3.71. The maximum Gasteiger partial charge on any atom is 0.254 e. The summed E-state index contributed by atoms with van der Waals surface area (Å²) in [6, 6.07) is 22.9. The summed E-state index contributed by atoms with van der Waals surface area (Å²) in [5.74, 6) is -0.288. The van der Waals surface area contributed by atoms with Gasteiger partial charge in [-0.1, -0.05) is 54.6 Å². The number of para-hydroxylation sites is 1. The monoisotopic (exact) mass is 358 g/mol. The number of anilines is 1. The molecule has 3 aromatic rings. The van der Waals surface area contributed by atoms with Crippen LogP contribution in [-0.2, 0) is 13.0 Å². The van der Waals surface area contributed by atoms with Crippen molar-refractivity contribution in [1.82, 2.24) is 5.32 Å². The summed E-state index contributed by atoms with van der Waals surface area (Å²) in [6.07, 6.45) is 0.342. The van der Waals surface area contributed by atoms with Crippen LogP contribution in [0.5, 0.6) is 0 Å². The molecule has 0 bridgehead atoms. The molecule has 2 heterocycles. The Morgan fingerprint density at radius 2 is 1.70 bits per heavy atom. The van der Waals surface area contributed by atoms with Gasteiger partial charge in [-0.3, -0.25) is 4.79 Å². The van der Waals surface area contributed by atoms with E-state index < -0.39 is 0 Å². The molecule has 5 rings (SSSR count). The van der Waals surface area contributed by atoms with Crippen LogP contribution < -0.4 is 10.2 Å². The van der Waals surface area contributed by atoms with Gasteiger partial charge in [0.15, 0.2) is 0 Å². The largest absolute Gasteiger partial charge is 0.346 e. The SMILES string of the molecule is O=C1N[C@@H]2[C@H](Cc3ccccc3F)c3ccccc3CN2c2ccccc21. The van der Waals surface area contributed by atoms with Crippen LogP contribution in [0.2, 0.25) is 0 Å². The minimum Gasteiger partial charge on any atom is -0.346 e. The number of benzene rings is 3. The maximum absolute atomic E-state index is 14.4. The summed E-state index contributed by atoms with van der Waals surface area (Å²) in [5.41, 5.74) is 4.71. The van der Waals surface area contributed by atoms with Crippen molar-refractivity contribution in [2.45, 2.75) is 25.0 Å². The fraction of sp³-hybridized carbons (Fsp3) is 0.174. The lowest BCUT2D eigenvalue weighted by Gasteiger charge is -2.47. The smallest absolute Gasteiger partial charge is 0.254 e. The van der Waals surface area contributed by atoms with Gasteiger partial charge in [0.05, 0.1) is 11.3 Å². The van der Waals surface area contributed by atoms with E-state index in [2.05, 4.69) is 22.3 Å². The minimum atomic E-state index is -0.199. The summed E-state index contributed by atoms with van der Waals surface area (Å²) < 4.78 is 14.4. The Labute approximate surface area is 157 Å². The number of rotatable bonds is 2. The van der Waals surface area contributed by atoms with Crippen molar-refractivity contribution in [3.05, 3.63) is 101 Å². The van der Waals surface area contributed by atoms with Crippen molar-refractivity contribution in [1.29, 1.82) is 0 Å². The fourth-order valence-corrected chi connectivity index (χ4v) is 4.37. The highest BCUT2D eigenvalue weighted by molar-refractivity contribution is 6.02. The Morgan fingerprint density at radius 3 is 2.59 bits per heavy atom. The number of halogens is 1. The highest BCUT2D eigenvalue weighted by Crippen LogP contribution is 2.40. The standard InChI is InChI=1S/C23H19FN2O/c24-20-11-5-2-7-15(20)13-19-17-9-3-1-8-16(17)14-26-21-12-6-4-10-18(21)23(27)25-22(19)26/h1-12,19,22H,13-14H2,(H,25,27)/t19-,22+/m1/s1. The van der Waals surface area contributed by atoms with Crippen molar-refractivity contribution in [3.8, 4) is 0 Å². The predicted molar refractivity (Wildman–Crippen MR) is 103 cm³/mol. The molecule has 1 N–H and O–H groups in total. The molecule has 0 saturated carbocycles. The molecule has 0 aliphatic carbocycles. The lowest BCUT2D eigenvalue weighted by Crippen LogP contribution is -2.58. The van der Waals surface area contributed by atoms with Gasteiger partial charge < -0.3 is 10.2 Å². The molecule has 0 saturated heterocycles. The van der Waals surface area contributed by atoms with Crippen LogP contribution in [-0.4, -0.2) is 12.1 Å². The van der Waals surface area contributed by atoms with Gasteiger partial charge in [0.1, 0.15) is 12.0 Å². The molecule has 0 spiro atoms. The lowest BCUT2D eigenvalue weighted by molar-refractivity contribution is 0.0915. The first-order chi connectivity index (χ1) is 13.2. The van der Waals surface area contributed by atoms with Crippen LogP contribution in [0.1, 0.15) is 33.0 Å². The first kappa shape index (κ1) is 16.1. The molecule has 2 aliphatic rings. The van der Waals surface area contributed by atoms with Crippen LogP contribution in [0.15, 0.2) is 72.8 Å². The predicted octanol–water partition coefficient (Wildman–Crippen LogP) is 4.24. The summed E-state index contributed by atoms with van der Waals surface area (Å²) in [6.45, 7) is 0.728. The van der Waals surface area contributed by atoms with E-state index in [1.807, 2.05) is 48.5 Å². The van der Waals surface area contributed by atoms with E-state index in [4.69, 9.17) is 0 Å². The zero-order valence-electron chi connectivity index (χ0n) is 14.7. The van der Waals surface area contributed by atoms with E-state index in [0.29, 0.717) is 17.5 Å². The van der Waals surface area contributed by atoms with Gasteiger partial charge in [0.25, 0.3) is 5.91 Å². The number of nitrogens with one attached hydrogen (secondary N) is 1. The highest BCUT2D eigenvalue weighted by atomic mass is 19.1. The Balaban J connectivity index is 1.63. The molecule has 0 radical (unpaired) electrons. The van der Waals surface area contributed by atoms with Crippen molar-refractivity contribution in [3.63, 3.8) is 0 Å². The average Bonchev–Trinajstić information content (AvgIpc) is 2.70. The molecular formula is C23H19FN2O. The molecule has 0 fully saturated rings. The lowest BCUT2D eigenvalue weighted by atomic mass is 9.81. The van der Waals surface area contributed by atoms with Crippen molar-refractivity contribution in [2.75, 3.05) is 4.90 Å². The molecule has 0 unspecified atom stereocenters. The van der Waals surface area contributed by atoms with E-state index in [0.717, 1.165) is 12.2 Å². The van der Waals surface area contributed by atoms with Gasteiger partial charge in [-0.2, -0.15) is 0 Å². The molecule has 3 nitrogen and oxygen atoms in total. The van der Waals surface area contributed by atoms with Crippen LogP contribution in [0.3, 0.4) is 0 Å². The van der Waals surface area contributed by atoms with Crippen LogP contribution in [0.4, 0.5) is 10.1 Å². The normalized spacial score (nSPS) is 20.3. The van der Waals surface area contributed by atoms with Crippen LogP contribution >= 0.6 is 0 Å². The molecule has 134 valence electrons. The van der Waals surface area contributed by atoms with Crippen LogP contribution in [0, 0.1) is 5.82 Å². The third-order valence-corrected chi connectivity index (χ3v) is 5.65. The van der Waals surface area contributed by atoms with E-state index in [9.17, 15) is 9.18 Å². The molecule has 2 aliphatic heterocycles. The van der Waals surface area contributed by atoms with Crippen molar-refractivity contribution < 1.29 is 9.18 Å². The third-order valence-electron chi connectivity index (χ3n) is 5.65. The Bertz CT molecular complexity index is 1030. The molecule has 27 heavy (non-hydrogen) atoms. The number of carbonyl (C=O) groups excluding carboxylic acids is 1. The van der Waals surface area contributed by atoms with Gasteiger partial charge in [-0.15, -0.1) is 0 Å². The Hall–Kier alpha value is -3.14. The fourth-order valence-electron chi connectivity index (χ4n) is 4.37. The number of amides is 1. The second-order valence-electron chi connectivity index (χ2n) is 7.16. The van der Waals surface area contributed by atoms with Gasteiger partial charge in [-0.05, 0) is 41.3 Å². The summed E-state index contributed by atoms with van der Waals surface area (Å²) in [4.78, 5) is 14.9. The van der Waals surface area contributed by atoms with Crippen molar-refractivity contribution >= 4 is 11.6 Å². The van der Waals surface area contributed by atoms with E-state index in [1.54, 1.807) is 6.07 Å². The number of carbonyl (C=O) groups is 1. The molecule has 0 aromatic heterocycles. The second-order valence-corrected chi connectivity index (χ2v) is 7.16. The average molecular weight is 358 g/mol. The minimum absolute atomic E-state index is 0.0239. The molecular weight excluding hydrogens is 339 g/mol. The second kappa shape index (κ2) is 6.23. The van der Waals surface area contributed by atoms with E-state index in [1.165, 1.54) is 17.2 Å². The first-order valence-corrected chi connectivity index (χ1v) is 9.20. The maximum atomic E-state index is 14.4. The van der Waals surface area contributed by atoms with Gasteiger partial charge >= 0.3 is 0 Å². The summed E-state index contributed by atoms with van der Waals surface area (Å²) in [5, 5.41) is 3.17. The van der Waals surface area contributed by atoms with Gasteiger partial charge in [0, 0.05) is 12.5 Å². The zero-order valence-corrected chi connectivity index (χ0v) is 14.7. The topological polar surface area (TPSA) is 32.3 Å². The van der Waals surface area contributed by atoms with Crippen LogP contribution in [0.25, 0.3) is 0 Å². The quantitative estimate of drug-likeness (QED) is 0.743. The molecule has 1 amide bonds. The first-order valence-electron chi connectivity index (χ1n) is 9.20. The number of hydrogen-bond acceptors (Lipinski definition) is 2.